The molecule has 4 rings (SSSR count). The van der Waals surface area contributed by atoms with Gasteiger partial charge in [0.25, 0.3) is 0 Å². The summed E-state index contributed by atoms with van der Waals surface area (Å²) in [7, 11) is 2.53. The van der Waals surface area contributed by atoms with Gasteiger partial charge in [-0.25, -0.2) is 4.39 Å². The molecule has 45 heavy (non-hydrogen) atoms. The number of alkyl halides is 6. The smallest absolute Gasteiger partial charge is 0.416 e. The van der Waals surface area contributed by atoms with Crippen LogP contribution in [0.3, 0.4) is 0 Å². The summed E-state index contributed by atoms with van der Waals surface area (Å²) in [5, 5.41) is 3.13. The highest BCUT2D eigenvalue weighted by Gasteiger charge is 2.44. The number of carbonyl (C=O) groups excluding carboxylic acids is 2. The Labute approximate surface area is 257 Å². The lowest BCUT2D eigenvalue weighted by Crippen LogP contribution is -2.46. The number of benzene rings is 2. The number of methoxy groups -OCH3 is 1. The van der Waals surface area contributed by atoms with Crippen molar-refractivity contribution < 1.29 is 46.4 Å². The first-order valence-corrected chi connectivity index (χ1v) is 13.7. The molecule has 0 aliphatic carbocycles. The predicted octanol–water partition coefficient (Wildman–Crippen LogP) is 7.53. The molecule has 1 aliphatic rings. The Hall–Kier alpha value is -4.00. The molecule has 2 heterocycles. The van der Waals surface area contributed by atoms with Gasteiger partial charge in [0.05, 0.1) is 47.3 Å². The van der Waals surface area contributed by atoms with Gasteiger partial charge in [-0.2, -0.15) is 26.3 Å². The number of halogens is 7. The number of hydrogen-bond donors (Lipinski definition) is 1. The fourth-order valence-electron chi connectivity index (χ4n) is 5.48. The van der Waals surface area contributed by atoms with Crippen LogP contribution in [-0.4, -0.2) is 36.6 Å². The first-order chi connectivity index (χ1) is 21.2. The molecule has 1 N–H and O–H groups in total. The van der Waals surface area contributed by atoms with E-state index in [1.807, 2.05) is 0 Å². The maximum atomic E-state index is 14.1. The Bertz CT molecular complexity index is 1630. The number of aromatic nitrogens is 1. The van der Waals surface area contributed by atoms with E-state index in [1.54, 1.807) is 13.0 Å². The number of likely N-dealkylation sites (N-methyl/N-ethyl adjacent to an activating group) is 1. The van der Waals surface area contributed by atoms with E-state index in [0.29, 0.717) is 40.9 Å². The molecule has 13 heteroatoms. The highest BCUT2D eigenvalue weighted by molar-refractivity contribution is 6.03. The van der Waals surface area contributed by atoms with Crippen molar-refractivity contribution in [2.45, 2.75) is 69.9 Å². The van der Waals surface area contributed by atoms with E-state index in [9.17, 15) is 40.3 Å². The van der Waals surface area contributed by atoms with Crippen molar-refractivity contribution in [1.82, 2.24) is 10.3 Å². The summed E-state index contributed by atoms with van der Waals surface area (Å²) in [6.07, 6.45) is -8.19. The number of rotatable bonds is 6. The number of aryl methyl sites for hydroxylation is 1. The zero-order valence-electron chi connectivity index (χ0n) is 26.1. The molecule has 2 aromatic carbocycles. The second-order valence-electron chi connectivity index (χ2n) is 11.7. The highest BCUT2D eigenvalue weighted by atomic mass is 19.4. The Kier molecular flexibility index (Phi) is 8.45. The predicted molar refractivity (Wildman–Crippen MR) is 153 cm³/mol. The van der Waals surface area contributed by atoms with E-state index in [0.717, 1.165) is 4.90 Å². The fourth-order valence-corrected chi connectivity index (χ4v) is 5.48. The van der Waals surface area contributed by atoms with Crippen LogP contribution in [0.5, 0.6) is 0 Å². The van der Waals surface area contributed by atoms with E-state index in [4.69, 9.17) is 6.11 Å². The van der Waals surface area contributed by atoms with E-state index >= 15 is 0 Å². The first-order valence-electron chi connectivity index (χ1n) is 14.5. The largest absolute Gasteiger partial charge is 0.468 e. The Morgan fingerprint density at radius 2 is 1.60 bits per heavy atom. The average molecular weight is 641 g/mol. The average Bonchev–Trinajstić information content (AvgIpc) is 3.44. The third-order valence-corrected chi connectivity index (χ3v) is 8.14. The zero-order chi connectivity index (χ0) is 34.4. The van der Waals surface area contributed by atoms with Gasteiger partial charge in [0, 0.05) is 14.0 Å². The van der Waals surface area contributed by atoms with Gasteiger partial charge < -0.3 is 9.64 Å². The quantitative estimate of drug-likeness (QED) is 0.223. The molecule has 242 valence electrons. The number of nitrogens with zero attached hydrogens (tertiary/aromatic N) is 2. The number of ether oxygens (including phenoxy) is 1. The molecule has 0 radical (unpaired) electrons. The summed E-state index contributed by atoms with van der Waals surface area (Å²) in [5.41, 5.74) is -4.84. The van der Waals surface area contributed by atoms with Crippen molar-refractivity contribution in [2.24, 2.45) is 0 Å². The lowest BCUT2D eigenvalue weighted by Gasteiger charge is -2.32. The van der Waals surface area contributed by atoms with Crippen LogP contribution in [0.15, 0.2) is 48.7 Å². The zero-order valence-corrected chi connectivity index (χ0v) is 25.1. The summed E-state index contributed by atoms with van der Waals surface area (Å²) < 4.78 is 109. The lowest BCUT2D eigenvalue weighted by molar-refractivity contribution is -0.147. The molecular weight excluding hydrogens is 607 g/mol. The minimum atomic E-state index is -5.10. The van der Waals surface area contributed by atoms with Gasteiger partial charge in [-0.3, -0.25) is 19.9 Å². The van der Waals surface area contributed by atoms with Crippen LogP contribution in [0.1, 0.15) is 68.9 Å². The van der Waals surface area contributed by atoms with Crippen molar-refractivity contribution in [3.63, 3.8) is 0 Å². The molecule has 1 fully saturated rings. The van der Waals surface area contributed by atoms with Crippen LogP contribution >= 0.6 is 0 Å². The molecule has 0 bridgehead atoms. The Morgan fingerprint density at radius 1 is 1.00 bits per heavy atom. The molecule has 2 atom stereocenters. The number of esters is 1. The summed E-state index contributed by atoms with van der Waals surface area (Å²) in [4.78, 5) is 32.0. The van der Waals surface area contributed by atoms with Gasteiger partial charge in [-0.05, 0) is 93.6 Å². The standard InChI is InChI=1S/C32H32F7N3O3/c1-17-11-21(33)7-8-22(17)23-15-25(24-9-10-30(4,41-24)28(44)45-6)40-16-26(23)42(5)27(43)29(2,3)18-12-19(31(34,35)36)14-20(13-18)32(37,38)39/h7-8,11-16,24,41H,9-10H2,1-6H3/t24-,30+/m1/s1/i4D. The molecule has 0 spiro atoms. The van der Waals surface area contributed by atoms with E-state index in [1.165, 1.54) is 52.4 Å². The number of nitrogens with one attached hydrogen (secondary N) is 1. The van der Waals surface area contributed by atoms with Crippen LogP contribution in [0.4, 0.5) is 36.4 Å². The van der Waals surface area contributed by atoms with Crippen molar-refractivity contribution in [1.29, 1.82) is 0 Å². The minimum absolute atomic E-state index is 0.00149. The van der Waals surface area contributed by atoms with Gasteiger partial charge in [-0.1, -0.05) is 6.07 Å². The summed E-state index contributed by atoms with van der Waals surface area (Å²) in [6, 6.07) is 6.10. The number of carbonyl (C=O) groups is 2. The van der Waals surface area contributed by atoms with Gasteiger partial charge in [0.2, 0.25) is 5.91 Å². The topological polar surface area (TPSA) is 71.5 Å². The second kappa shape index (κ2) is 11.7. The van der Waals surface area contributed by atoms with Crippen molar-refractivity contribution in [2.75, 3.05) is 19.1 Å². The molecule has 1 saturated heterocycles. The Balaban J connectivity index is 1.82. The SMILES string of the molecule is [2H]C[C@@]1(C(=O)OC)CC[C@H](c2cc(-c3ccc(F)cc3C)c(N(C)C(=O)C(C)(C)c3cc(C(F)(F)F)cc(C(F)(F)F)c3)cn2)N1. The van der Waals surface area contributed by atoms with Crippen molar-refractivity contribution >= 4 is 17.6 Å². The molecule has 1 aromatic heterocycles. The lowest BCUT2D eigenvalue weighted by atomic mass is 9.81. The normalized spacial score (nSPS) is 19.3. The number of hydrogen-bond acceptors (Lipinski definition) is 5. The Morgan fingerprint density at radius 3 is 2.13 bits per heavy atom. The van der Waals surface area contributed by atoms with Crippen molar-refractivity contribution in [3.05, 3.63) is 82.4 Å². The van der Waals surface area contributed by atoms with E-state index in [2.05, 4.69) is 10.3 Å². The van der Waals surface area contributed by atoms with E-state index in [-0.39, 0.29) is 25.1 Å². The molecule has 1 amide bonds. The summed E-state index contributed by atoms with van der Waals surface area (Å²) >= 11 is 0. The maximum Gasteiger partial charge on any atom is 0.416 e. The number of anilines is 1. The molecule has 0 unspecified atom stereocenters. The van der Waals surface area contributed by atoms with E-state index < -0.39 is 63.7 Å². The first kappa shape index (κ1) is 32.4. The molecule has 6 nitrogen and oxygen atoms in total. The van der Waals surface area contributed by atoms with Crippen LogP contribution < -0.4 is 10.2 Å². The number of amides is 1. The van der Waals surface area contributed by atoms with Gasteiger partial charge in [0.1, 0.15) is 11.4 Å². The van der Waals surface area contributed by atoms with Crippen molar-refractivity contribution in [3.8, 4) is 11.1 Å². The molecular formula is C32H32F7N3O3. The van der Waals surface area contributed by atoms with Crippen LogP contribution in [-0.2, 0) is 32.1 Å². The molecule has 0 saturated carbocycles. The van der Waals surface area contributed by atoms with Crippen LogP contribution in [0, 0.1) is 12.7 Å². The molecule has 3 aromatic rings. The number of pyridine rings is 1. The van der Waals surface area contributed by atoms with Gasteiger partial charge in [-0.15, -0.1) is 0 Å². The van der Waals surface area contributed by atoms with Crippen LogP contribution in [0.2, 0.25) is 0 Å². The van der Waals surface area contributed by atoms with Gasteiger partial charge in [0.15, 0.2) is 0 Å². The van der Waals surface area contributed by atoms with Gasteiger partial charge >= 0.3 is 18.3 Å². The fraction of sp³-hybridized carbons (Fsp3) is 0.406. The summed E-state index contributed by atoms with van der Waals surface area (Å²) in [5.74, 6) is -1.97. The molecule has 1 aliphatic heterocycles. The van der Waals surface area contributed by atoms with Crippen LogP contribution in [0.25, 0.3) is 11.1 Å². The highest BCUT2D eigenvalue weighted by Crippen LogP contribution is 2.42. The summed E-state index contributed by atoms with van der Waals surface area (Å²) in [6.45, 7) is 3.78. The monoisotopic (exact) mass is 640 g/mol. The minimum Gasteiger partial charge on any atom is -0.468 e. The second-order valence-corrected chi connectivity index (χ2v) is 11.7. The third-order valence-electron chi connectivity index (χ3n) is 8.14. The third kappa shape index (κ3) is 6.68. The maximum absolute atomic E-state index is 14.1.